The van der Waals surface area contributed by atoms with Crippen LogP contribution in [0, 0.1) is 27.9 Å². The van der Waals surface area contributed by atoms with Gasteiger partial charge in [0.2, 0.25) is 0 Å². The Morgan fingerprint density at radius 1 is 1.32 bits per heavy atom. The highest BCUT2D eigenvalue weighted by Gasteiger charge is 2.52. The van der Waals surface area contributed by atoms with Crippen molar-refractivity contribution in [1.82, 2.24) is 0 Å². The molecule has 0 radical (unpaired) electrons. The highest BCUT2D eigenvalue weighted by Crippen LogP contribution is 2.59. The third kappa shape index (κ3) is 2.41. The molecule has 0 heterocycles. The summed E-state index contributed by atoms with van der Waals surface area (Å²) in [5.74, 6) is 3.96. The van der Waals surface area contributed by atoms with Crippen LogP contribution in [0.3, 0.4) is 0 Å². The van der Waals surface area contributed by atoms with E-state index in [0.29, 0.717) is 18.6 Å². The highest BCUT2D eigenvalue weighted by molar-refractivity contribution is 14.2. The van der Waals surface area contributed by atoms with E-state index in [-0.39, 0.29) is 22.5 Å². The predicted molar refractivity (Wildman–Crippen MR) is 98.4 cm³/mol. The second-order valence-electron chi connectivity index (χ2n) is 6.79. The van der Waals surface area contributed by atoms with Gasteiger partial charge in [0.25, 0.3) is 0 Å². The third-order valence-electron chi connectivity index (χ3n) is 5.67. The summed E-state index contributed by atoms with van der Waals surface area (Å²) in [6.07, 6.45) is 7.74. The van der Waals surface area contributed by atoms with Crippen LogP contribution in [0.5, 0.6) is 0 Å². The lowest BCUT2D eigenvalue weighted by molar-refractivity contribution is -0.123. The largest absolute Gasteiger partial charge is 0.299 e. The maximum absolute atomic E-state index is 12.1. The number of hydrogen-bond acceptors (Lipinski definition) is 3. The van der Waals surface area contributed by atoms with Gasteiger partial charge in [-0.2, -0.15) is 0 Å². The SMILES string of the molecule is CC1C(=O)CCC2(C)C1=CCC1(C#CSI)CCC(=O)C=C12. The molecule has 3 aliphatic carbocycles. The van der Waals surface area contributed by atoms with Gasteiger partial charge in [0, 0.05) is 45.4 Å². The Hall–Kier alpha value is -0.540. The molecular formula is C18H19IO2S. The van der Waals surface area contributed by atoms with Crippen molar-refractivity contribution in [2.45, 2.75) is 46.0 Å². The Kier molecular flexibility index (Phi) is 4.32. The normalized spacial score (nSPS) is 37.3. The van der Waals surface area contributed by atoms with Crippen LogP contribution in [-0.2, 0) is 9.59 Å². The molecule has 3 aliphatic rings. The summed E-state index contributed by atoms with van der Waals surface area (Å²) in [5.41, 5.74) is 2.01. The molecule has 0 aromatic heterocycles. The molecule has 0 aliphatic heterocycles. The van der Waals surface area contributed by atoms with E-state index in [2.05, 4.69) is 45.4 Å². The van der Waals surface area contributed by atoms with Crippen LogP contribution in [0.15, 0.2) is 23.3 Å². The molecule has 2 nitrogen and oxygen atoms in total. The van der Waals surface area contributed by atoms with Crippen molar-refractivity contribution in [3.05, 3.63) is 23.3 Å². The van der Waals surface area contributed by atoms with Gasteiger partial charge in [-0.05, 0) is 45.1 Å². The number of allylic oxidation sites excluding steroid dienone is 4. The van der Waals surface area contributed by atoms with E-state index in [0.717, 1.165) is 19.3 Å². The van der Waals surface area contributed by atoms with Gasteiger partial charge < -0.3 is 0 Å². The lowest BCUT2D eigenvalue weighted by Gasteiger charge is -2.51. The second-order valence-corrected chi connectivity index (χ2v) is 8.47. The van der Waals surface area contributed by atoms with Crippen molar-refractivity contribution >= 4 is 41.7 Å². The Morgan fingerprint density at radius 2 is 2.09 bits per heavy atom. The molecule has 0 N–H and O–H groups in total. The van der Waals surface area contributed by atoms with E-state index < -0.39 is 0 Å². The molecular weight excluding hydrogens is 407 g/mol. The number of hydrogen-bond donors (Lipinski definition) is 0. The second kappa shape index (κ2) is 5.83. The summed E-state index contributed by atoms with van der Waals surface area (Å²) >= 11 is 2.19. The topological polar surface area (TPSA) is 34.1 Å². The molecule has 3 rings (SSSR count). The van der Waals surface area contributed by atoms with Gasteiger partial charge in [-0.1, -0.05) is 31.4 Å². The summed E-state index contributed by atoms with van der Waals surface area (Å²) in [6.45, 7) is 4.22. The first kappa shape index (κ1) is 16.3. The van der Waals surface area contributed by atoms with Gasteiger partial charge in [0.05, 0.1) is 5.41 Å². The maximum Gasteiger partial charge on any atom is 0.155 e. The molecule has 22 heavy (non-hydrogen) atoms. The summed E-state index contributed by atoms with van der Waals surface area (Å²) < 4.78 is 0. The Morgan fingerprint density at radius 3 is 2.82 bits per heavy atom. The fourth-order valence-corrected chi connectivity index (χ4v) is 4.97. The molecule has 0 aromatic rings. The molecule has 0 bridgehead atoms. The molecule has 0 spiro atoms. The monoisotopic (exact) mass is 426 g/mol. The Bertz CT molecular complexity index is 666. The zero-order chi connectivity index (χ0) is 16.0. The van der Waals surface area contributed by atoms with Gasteiger partial charge in [0.15, 0.2) is 5.78 Å². The summed E-state index contributed by atoms with van der Waals surface area (Å²) in [5, 5.41) is 3.16. The fourth-order valence-electron chi connectivity index (χ4n) is 4.40. The predicted octanol–water partition coefficient (Wildman–Crippen LogP) is 4.64. The van der Waals surface area contributed by atoms with Crippen molar-refractivity contribution in [3.8, 4) is 11.2 Å². The first-order chi connectivity index (χ1) is 10.4. The Labute approximate surface area is 148 Å². The van der Waals surface area contributed by atoms with Crippen LogP contribution >= 0.6 is 30.1 Å². The average Bonchev–Trinajstić information content (AvgIpc) is 2.51. The van der Waals surface area contributed by atoms with Crippen LogP contribution in [0.4, 0.5) is 0 Å². The zero-order valence-electron chi connectivity index (χ0n) is 12.9. The van der Waals surface area contributed by atoms with Crippen molar-refractivity contribution in [2.24, 2.45) is 16.7 Å². The van der Waals surface area contributed by atoms with E-state index >= 15 is 0 Å². The number of ketones is 2. The van der Waals surface area contributed by atoms with Crippen LogP contribution in [0.2, 0.25) is 0 Å². The fraction of sp³-hybridized carbons (Fsp3) is 0.556. The van der Waals surface area contributed by atoms with Crippen LogP contribution < -0.4 is 0 Å². The van der Waals surface area contributed by atoms with Gasteiger partial charge in [0.1, 0.15) is 5.78 Å². The standard InChI is InChI=1S/C18H19IO2S/c1-12-14-4-8-18(9-10-22-19)7-3-13(20)11-16(18)17(14,2)6-5-15(12)21/h4,11-12H,3,5-8H2,1-2H3. The quantitative estimate of drug-likeness (QED) is 0.322. The van der Waals surface area contributed by atoms with E-state index in [4.69, 9.17) is 0 Å². The number of carbonyl (C=O) groups is 2. The molecule has 0 amide bonds. The van der Waals surface area contributed by atoms with Crippen molar-refractivity contribution in [2.75, 3.05) is 0 Å². The van der Waals surface area contributed by atoms with Crippen molar-refractivity contribution in [3.63, 3.8) is 0 Å². The van der Waals surface area contributed by atoms with Crippen LogP contribution in [-0.4, -0.2) is 11.6 Å². The lowest BCUT2D eigenvalue weighted by Crippen LogP contribution is -2.45. The third-order valence-corrected chi connectivity index (χ3v) is 6.51. The Balaban J connectivity index is 2.16. The highest BCUT2D eigenvalue weighted by atomic mass is 127. The molecule has 1 fully saturated rings. The summed E-state index contributed by atoms with van der Waals surface area (Å²) in [6, 6.07) is 0. The molecule has 116 valence electrons. The van der Waals surface area contributed by atoms with E-state index in [1.807, 2.05) is 13.0 Å². The van der Waals surface area contributed by atoms with E-state index in [1.165, 1.54) is 20.1 Å². The van der Waals surface area contributed by atoms with Crippen LogP contribution in [0.25, 0.3) is 0 Å². The maximum atomic E-state index is 12.1. The van der Waals surface area contributed by atoms with Gasteiger partial charge in [-0.15, -0.1) is 0 Å². The number of halogens is 1. The van der Waals surface area contributed by atoms with E-state index in [9.17, 15) is 9.59 Å². The lowest BCUT2D eigenvalue weighted by atomic mass is 9.51. The minimum Gasteiger partial charge on any atom is -0.299 e. The molecule has 4 heteroatoms. The number of Topliss-reactive ketones (excluding diaryl/α,β-unsaturated/α-hetero) is 1. The smallest absolute Gasteiger partial charge is 0.155 e. The molecule has 1 saturated carbocycles. The molecule has 3 atom stereocenters. The zero-order valence-corrected chi connectivity index (χ0v) is 15.8. The minimum absolute atomic E-state index is 0.0263. The molecule has 0 aromatic carbocycles. The number of rotatable bonds is 0. The first-order valence-corrected chi connectivity index (χ1v) is 11.1. The van der Waals surface area contributed by atoms with Crippen molar-refractivity contribution < 1.29 is 9.59 Å². The minimum atomic E-state index is -0.204. The average molecular weight is 426 g/mol. The van der Waals surface area contributed by atoms with Gasteiger partial charge in [-0.3, -0.25) is 9.59 Å². The number of fused-ring (bicyclic) bond motifs is 3. The van der Waals surface area contributed by atoms with E-state index in [1.54, 1.807) is 0 Å². The van der Waals surface area contributed by atoms with Crippen molar-refractivity contribution in [1.29, 1.82) is 0 Å². The van der Waals surface area contributed by atoms with Gasteiger partial charge >= 0.3 is 0 Å². The molecule has 0 saturated heterocycles. The summed E-state index contributed by atoms with van der Waals surface area (Å²) in [7, 11) is 1.50. The van der Waals surface area contributed by atoms with Crippen LogP contribution in [0.1, 0.15) is 46.0 Å². The first-order valence-electron chi connectivity index (χ1n) is 7.71. The summed E-state index contributed by atoms with van der Waals surface area (Å²) in [4.78, 5) is 24.2. The number of carbonyl (C=O) groups excluding carboxylic acids is 2. The van der Waals surface area contributed by atoms with Gasteiger partial charge in [-0.25, -0.2) is 0 Å². The molecule has 3 unspecified atom stereocenters.